The first-order valence-corrected chi connectivity index (χ1v) is 8.78. The SMILES string of the molecule is C=C/C=C(\C=C/C)CNC[C@H](O)c1ccc2c(c1)C(C)N(O)C2(C)C. The van der Waals surface area contributed by atoms with Crippen molar-refractivity contribution in [1.82, 2.24) is 10.4 Å². The number of aliphatic hydroxyl groups is 1. The molecule has 25 heavy (non-hydrogen) atoms. The molecule has 0 aliphatic carbocycles. The van der Waals surface area contributed by atoms with Gasteiger partial charge in [0.2, 0.25) is 0 Å². The molecule has 1 heterocycles. The van der Waals surface area contributed by atoms with Gasteiger partial charge < -0.3 is 15.6 Å². The van der Waals surface area contributed by atoms with Gasteiger partial charge in [-0.25, -0.2) is 0 Å². The van der Waals surface area contributed by atoms with Gasteiger partial charge in [-0.1, -0.05) is 49.1 Å². The molecule has 136 valence electrons. The molecule has 1 aliphatic heterocycles. The minimum atomic E-state index is -0.594. The van der Waals surface area contributed by atoms with Crippen LogP contribution in [-0.2, 0) is 5.54 Å². The number of hydroxylamine groups is 2. The lowest BCUT2D eigenvalue weighted by Crippen LogP contribution is -2.33. The van der Waals surface area contributed by atoms with E-state index in [9.17, 15) is 10.3 Å². The number of allylic oxidation sites excluding steroid dienone is 3. The van der Waals surface area contributed by atoms with Crippen molar-refractivity contribution in [3.05, 3.63) is 71.3 Å². The fraction of sp³-hybridized carbons (Fsp3) is 0.429. The van der Waals surface area contributed by atoms with Gasteiger partial charge in [-0.3, -0.25) is 0 Å². The lowest BCUT2D eigenvalue weighted by atomic mass is 9.91. The first-order chi connectivity index (χ1) is 11.8. The van der Waals surface area contributed by atoms with E-state index in [4.69, 9.17) is 0 Å². The Kier molecular flexibility index (Phi) is 6.36. The van der Waals surface area contributed by atoms with Crippen molar-refractivity contribution in [3.63, 3.8) is 0 Å². The van der Waals surface area contributed by atoms with Crippen LogP contribution in [-0.4, -0.2) is 28.5 Å². The van der Waals surface area contributed by atoms with Crippen LogP contribution < -0.4 is 5.32 Å². The average Bonchev–Trinajstić information content (AvgIpc) is 2.75. The van der Waals surface area contributed by atoms with Crippen molar-refractivity contribution in [1.29, 1.82) is 0 Å². The highest BCUT2D eigenvalue weighted by Crippen LogP contribution is 2.44. The maximum absolute atomic E-state index is 10.5. The highest BCUT2D eigenvalue weighted by Gasteiger charge is 2.41. The zero-order chi connectivity index (χ0) is 18.6. The van der Waals surface area contributed by atoms with Gasteiger partial charge >= 0.3 is 0 Å². The smallest absolute Gasteiger partial charge is 0.0914 e. The summed E-state index contributed by atoms with van der Waals surface area (Å²) in [5.41, 5.74) is 3.75. The molecule has 2 atom stereocenters. The van der Waals surface area contributed by atoms with Gasteiger partial charge in [-0.2, -0.15) is 5.06 Å². The zero-order valence-corrected chi connectivity index (χ0v) is 15.7. The molecule has 1 aromatic rings. The number of hydrogen-bond donors (Lipinski definition) is 3. The Labute approximate surface area is 151 Å². The third kappa shape index (κ3) is 4.10. The van der Waals surface area contributed by atoms with Crippen molar-refractivity contribution in [2.75, 3.05) is 13.1 Å². The normalized spacial score (nSPS) is 21.5. The molecule has 0 saturated carbocycles. The van der Waals surface area contributed by atoms with E-state index in [1.54, 1.807) is 6.08 Å². The van der Waals surface area contributed by atoms with Crippen LogP contribution in [0.5, 0.6) is 0 Å². The minimum absolute atomic E-state index is 0.0815. The first kappa shape index (κ1) is 19.6. The van der Waals surface area contributed by atoms with Crippen molar-refractivity contribution < 1.29 is 10.3 Å². The molecule has 3 N–H and O–H groups in total. The van der Waals surface area contributed by atoms with Crippen LogP contribution in [0.2, 0.25) is 0 Å². The molecule has 1 aromatic carbocycles. The van der Waals surface area contributed by atoms with Crippen LogP contribution in [0.4, 0.5) is 0 Å². The van der Waals surface area contributed by atoms with E-state index in [2.05, 4.69) is 11.9 Å². The lowest BCUT2D eigenvalue weighted by Gasteiger charge is -2.28. The molecule has 0 spiro atoms. The Morgan fingerprint density at radius 2 is 2.16 bits per heavy atom. The number of aliphatic hydroxyl groups excluding tert-OH is 1. The number of rotatable bonds is 7. The Bertz CT molecular complexity index is 676. The summed E-state index contributed by atoms with van der Waals surface area (Å²) in [5.74, 6) is 0. The monoisotopic (exact) mass is 342 g/mol. The van der Waals surface area contributed by atoms with E-state index in [1.807, 2.05) is 64.1 Å². The summed E-state index contributed by atoms with van der Waals surface area (Å²) >= 11 is 0. The highest BCUT2D eigenvalue weighted by molar-refractivity contribution is 5.42. The third-order valence-corrected chi connectivity index (χ3v) is 4.89. The van der Waals surface area contributed by atoms with E-state index >= 15 is 0 Å². The summed E-state index contributed by atoms with van der Waals surface area (Å²) < 4.78 is 0. The standard InChI is InChI=1S/C21H30N2O2/c1-6-8-16(9-7-2)13-22-14-20(24)17-10-11-19-18(12-17)15(3)23(25)21(19,4)5/h6-12,15,20,22,24-25H,1,13-14H2,2-5H3/b9-7-,16-8+/t15?,20-/m0/s1. The van der Waals surface area contributed by atoms with Gasteiger partial charge in [-0.15, -0.1) is 0 Å². The second-order valence-electron chi connectivity index (χ2n) is 7.05. The van der Waals surface area contributed by atoms with Crippen LogP contribution in [0.25, 0.3) is 0 Å². The second kappa shape index (κ2) is 8.11. The van der Waals surface area contributed by atoms with E-state index < -0.39 is 11.6 Å². The summed E-state index contributed by atoms with van der Waals surface area (Å²) in [7, 11) is 0. The topological polar surface area (TPSA) is 55.7 Å². The fourth-order valence-corrected chi connectivity index (χ4v) is 3.44. The molecule has 1 aliphatic rings. The fourth-order valence-electron chi connectivity index (χ4n) is 3.44. The summed E-state index contributed by atoms with van der Waals surface area (Å²) in [5, 5.41) is 25.5. The van der Waals surface area contributed by atoms with Gasteiger partial charge in [0, 0.05) is 13.1 Å². The van der Waals surface area contributed by atoms with E-state index in [1.165, 1.54) is 5.06 Å². The molecule has 0 radical (unpaired) electrons. The van der Waals surface area contributed by atoms with Gasteiger partial charge in [0.1, 0.15) is 0 Å². The van der Waals surface area contributed by atoms with Gasteiger partial charge in [0.15, 0.2) is 0 Å². The van der Waals surface area contributed by atoms with Crippen LogP contribution in [0.15, 0.2) is 54.7 Å². The number of benzene rings is 1. The molecule has 0 aromatic heterocycles. The molecule has 4 nitrogen and oxygen atoms in total. The van der Waals surface area contributed by atoms with E-state index in [0.29, 0.717) is 13.1 Å². The minimum Gasteiger partial charge on any atom is -0.387 e. The van der Waals surface area contributed by atoms with Crippen molar-refractivity contribution >= 4 is 0 Å². The quantitative estimate of drug-likeness (QED) is 0.656. The molecule has 0 fully saturated rings. The summed E-state index contributed by atoms with van der Waals surface area (Å²) in [6, 6.07) is 5.90. The van der Waals surface area contributed by atoms with Crippen LogP contribution >= 0.6 is 0 Å². The number of fused-ring (bicyclic) bond motifs is 1. The van der Waals surface area contributed by atoms with Gasteiger partial charge in [0.25, 0.3) is 0 Å². The maximum Gasteiger partial charge on any atom is 0.0914 e. The Morgan fingerprint density at radius 3 is 2.80 bits per heavy atom. The molecule has 0 saturated heterocycles. The number of nitrogens with zero attached hydrogens (tertiary/aromatic N) is 1. The molecular formula is C21H30N2O2. The average molecular weight is 342 g/mol. The molecule has 0 bridgehead atoms. The molecule has 4 heteroatoms. The second-order valence-corrected chi connectivity index (χ2v) is 7.05. The van der Waals surface area contributed by atoms with E-state index in [-0.39, 0.29) is 6.04 Å². The highest BCUT2D eigenvalue weighted by atomic mass is 16.5. The number of hydrogen-bond acceptors (Lipinski definition) is 4. The van der Waals surface area contributed by atoms with Crippen LogP contribution in [0.3, 0.4) is 0 Å². The van der Waals surface area contributed by atoms with Crippen LogP contribution in [0, 0.1) is 0 Å². The predicted octanol–water partition coefficient (Wildman–Crippen LogP) is 4.00. The van der Waals surface area contributed by atoms with Gasteiger partial charge in [-0.05, 0) is 50.0 Å². The summed E-state index contributed by atoms with van der Waals surface area (Å²) in [6.45, 7) is 12.8. The van der Waals surface area contributed by atoms with E-state index in [0.717, 1.165) is 22.3 Å². The van der Waals surface area contributed by atoms with Crippen LogP contribution in [0.1, 0.15) is 56.5 Å². The summed E-state index contributed by atoms with van der Waals surface area (Å²) in [6.07, 6.45) is 7.13. The Balaban J connectivity index is 2.06. The molecule has 0 amide bonds. The van der Waals surface area contributed by atoms with Crippen molar-refractivity contribution in [2.45, 2.75) is 45.4 Å². The first-order valence-electron chi connectivity index (χ1n) is 8.78. The summed E-state index contributed by atoms with van der Waals surface area (Å²) in [4.78, 5) is 0. The van der Waals surface area contributed by atoms with Crippen molar-refractivity contribution in [2.24, 2.45) is 0 Å². The third-order valence-electron chi connectivity index (χ3n) is 4.89. The maximum atomic E-state index is 10.5. The number of nitrogens with one attached hydrogen (secondary N) is 1. The predicted molar refractivity (Wildman–Crippen MR) is 102 cm³/mol. The zero-order valence-electron chi connectivity index (χ0n) is 15.7. The lowest BCUT2D eigenvalue weighted by molar-refractivity contribution is -0.181. The molecule has 2 rings (SSSR count). The molecule has 1 unspecified atom stereocenters. The molecular weight excluding hydrogens is 312 g/mol. The van der Waals surface area contributed by atoms with Crippen molar-refractivity contribution in [3.8, 4) is 0 Å². The Hall–Kier alpha value is -1.72. The van der Waals surface area contributed by atoms with Gasteiger partial charge in [0.05, 0.1) is 17.7 Å². The largest absolute Gasteiger partial charge is 0.387 e. The Morgan fingerprint density at radius 1 is 1.44 bits per heavy atom.